The first-order chi connectivity index (χ1) is 13.6. The first-order valence-electron chi connectivity index (χ1n) is 9.94. The number of benzene rings is 1. The molecule has 6 heteroatoms. The third-order valence-corrected chi connectivity index (χ3v) is 5.09. The number of rotatable bonds is 6. The molecule has 0 aliphatic carbocycles. The van der Waals surface area contributed by atoms with Gasteiger partial charge in [-0.15, -0.1) is 0 Å². The second kappa shape index (κ2) is 9.35. The molecule has 28 heavy (non-hydrogen) atoms. The van der Waals surface area contributed by atoms with E-state index in [4.69, 9.17) is 0 Å². The molecule has 0 saturated carbocycles. The Kier molecular flexibility index (Phi) is 6.63. The number of nitrogens with zero attached hydrogens (tertiary/aromatic N) is 2. The maximum absolute atomic E-state index is 12.5. The Morgan fingerprint density at radius 2 is 1.86 bits per heavy atom. The number of hydrogen-bond donors (Lipinski definition) is 2. The van der Waals surface area contributed by atoms with Crippen LogP contribution in [0.25, 0.3) is 0 Å². The zero-order chi connectivity index (χ0) is 19.9. The number of aryl methyl sites for hydroxylation is 1. The van der Waals surface area contributed by atoms with Crippen LogP contribution in [-0.4, -0.2) is 42.5 Å². The van der Waals surface area contributed by atoms with Gasteiger partial charge in [0, 0.05) is 37.4 Å². The molecule has 0 unspecified atom stereocenters. The second-order valence-electron chi connectivity index (χ2n) is 7.21. The van der Waals surface area contributed by atoms with Gasteiger partial charge in [-0.2, -0.15) is 0 Å². The Balaban J connectivity index is 1.52. The molecule has 1 aromatic heterocycles. The van der Waals surface area contributed by atoms with Crippen LogP contribution in [-0.2, 0) is 0 Å². The summed E-state index contributed by atoms with van der Waals surface area (Å²) in [6.45, 7) is 6.30. The molecule has 0 bridgehead atoms. The van der Waals surface area contributed by atoms with Crippen molar-refractivity contribution in [1.29, 1.82) is 0 Å². The number of pyridine rings is 1. The lowest BCUT2D eigenvalue weighted by Gasteiger charge is -2.33. The number of carbonyl (C=O) groups excluding carboxylic acids is 2. The van der Waals surface area contributed by atoms with E-state index in [2.05, 4.69) is 20.5 Å². The molecular weight excluding hydrogens is 352 g/mol. The minimum atomic E-state index is -0.0847. The Labute approximate surface area is 166 Å². The summed E-state index contributed by atoms with van der Waals surface area (Å²) < 4.78 is 0. The summed E-state index contributed by atoms with van der Waals surface area (Å²) in [4.78, 5) is 31.1. The summed E-state index contributed by atoms with van der Waals surface area (Å²) in [6.07, 6.45) is 4.29. The normalized spacial score (nSPS) is 14.6. The lowest BCUT2D eigenvalue weighted by molar-refractivity contribution is 0.0928. The Morgan fingerprint density at radius 1 is 1.11 bits per heavy atom. The van der Waals surface area contributed by atoms with Gasteiger partial charge in [0.25, 0.3) is 11.8 Å². The molecular formula is C22H28N4O2. The third-order valence-electron chi connectivity index (χ3n) is 5.09. The number of amides is 2. The fraction of sp³-hybridized carbons (Fsp3) is 0.409. The van der Waals surface area contributed by atoms with E-state index >= 15 is 0 Å². The van der Waals surface area contributed by atoms with E-state index in [0.29, 0.717) is 12.1 Å². The highest BCUT2D eigenvalue weighted by Crippen LogP contribution is 2.19. The fourth-order valence-electron chi connectivity index (χ4n) is 3.39. The van der Waals surface area contributed by atoms with Gasteiger partial charge in [-0.25, -0.2) is 4.98 Å². The molecule has 1 aromatic carbocycles. The van der Waals surface area contributed by atoms with E-state index in [0.717, 1.165) is 49.3 Å². The van der Waals surface area contributed by atoms with Crippen LogP contribution in [0.3, 0.4) is 0 Å². The molecule has 2 aromatic rings. The summed E-state index contributed by atoms with van der Waals surface area (Å²) in [5, 5.41) is 6.01. The van der Waals surface area contributed by atoms with Crippen LogP contribution in [0, 0.1) is 6.92 Å². The van der Waals surface area contributed by atoms with Gasteiger partial charge in [-0.05, 0) is 49.9 Å². The zero-order valence-electron chi connectivity index (χ0n) is 16.6. The van der Waals surface area contributed by atoms with Crippen molar-refractivity contribution < 1.29 is 9.59 Å². The lowest BCUT2D eigenvalue weighted by atomic mass is 10.0. The van der Waals surface area contributed by atoms with Crippen molar-refractivity contribution in [2.75, 3.05) is 24.5 Å². The summed E-state index contributed by atoms with van der Waals surface area (Å²) >= 11 is 0. The molecule has 1 fully saturated rings. The smallest absolute Gasteiger partial charge is 0.252 e. The molecule has 3 rings (SSSR count). The molecule has 1 saturated heterocycles. The molecule has 0 atom stereocenters. The maximum atomic E-state index is 12.5. The molecule has 0 radical (unpaired) electrons. The van der Waals surface area contributed by atoms with Crippen molar-refractivity contribution in [3.8, 4) is 0 Å². The van der Waals surface area contributed by atoms with Crippen LogP contribution in [0.4, 0.5) is 5.82 Å². The van der Waals surface area contributed by atoms with Gasteiger partial charge in [-0.3, -0.25) is 9.59 Å². The van der Waals surface area contributed by atoms with E-state index in [-0.39, 0.29) is 17.9 Å². The van der Waals surface area contributed by atoms with Crippen molar-refractivity contribution in [3.63, 3.8) is 0 Å². The van der Waals surface area contributed by atoms with E-state index in [1.807, 2.05) is 50.2 Å². The van der Waals surface area contributed by atoms with Crippen molar-refractivity contribution in [2.45, 2.75) is 39.2 Å². The van der Waals surface area contributed by atoms with E-state index in [1.54, 1.807) is 6.20 Å². The van der Waals surface area contributed by atoms with Gasteiger partial charge in [0.05, 0.1) is 5.56 Å². The molecule has 2 amide bonds. The summed E-state index contributed by atoms with van der Waals surface area (Å²) in [5.41, 5.74) is 2.31. The highest BCUT2D eigenvalue weighted by Gasteiger charge is 2.22. The zero-order valence-corrected chi connectivity index (χ0v) is 16.6. The average molecular weight is 380 g/mol. The maximum Gasteiger partial charge on any atom is 0.252 e. The van der Waals surface area contributed by atoms with E-state index in [9.17, 15) is 9.59 Å². The van der Waals surface area contributed by atoms with Crippen molar-refractivity contribution in [2.24, 2.45) is 0 Å². The second-order valence-corrected chi connectivity index (χ2v) is 7.21. The predicted octanol–water partition coefficient (Wildman–Crippen LogP) is 2.93. The highest BCUT2D eigenvalue weighted by atomic mass is 16.2. The van der Waals surface area contributed by atoms with Crippen molar-refractivity contribution in [1.82, 2.24) is 15.6 Å². The van der Waals surface area contributed by atoms with Gasteiger partial charge >= 0.3 is 0 Å². The highest BCUT2D eigenvalue weighted by molar-refractivity contribution is 5.95. The van der Waals surface area contributed by atoms with Crippen LogP contribution in [0.5, 0.6) is 0 Å². The topological polar surface area (TPSA) is 74.3 Å². The van der Waals surface area contributed by atoms with Gasteiger partial charge < -0.3 is 15.5 Å². The van der Waals surface area contributed by atoms with Crippen LogP contribution >= 0.6 is 0 Å². The monoisotopic (exact) mass is 380 g/mol. The lowest BCUT2D eigenvalue weighted by Crippen LogP contribution is -2.45. The Morgan fingerprint density at radius 3 is 2.50 bits per heavy atom. The number of nitrogens with one attached hydrogen (secondary N) is 2. The van der Waals surface area contributed by atoms with Gasteiger partial charge in [0.2, 0.25) is 0 Å². The number of anilines is 1. The largest absolute Gasteiger partial charge is 0.356 e. The SMILES string of the molecule is CCCNC(=O)c1ccc(N2CCC(NC(=O)c3ccccc3C)CC2)nc1. The summed E-state index contributed by atoms with van der Waals surface area (Å²) in [5.74, 6) is 0.784. The van der Waals surface area contributed by atoms with Gasteiger partial charge in [0.15, 0.2) is 0 Å². The number of hydrogen-bond acceptors (Lipinski definition) is 4. The predicted molar refractivity (Wildman–Crippen MR) is 111 cm³/mol. The third kappa shape index (κ3) is 4.88. The van der Waals surface area contributed by atoms with E-state index in [1.165, 1.54) is 0 Å². The minimum Gasteiger partial charge on any atom is -0.356 e. The first-order valence-corrected chi connectivity index (χ1v) is 9.94. The Bertz CT molecular complexity index is 812. The number of carbonyl (C=O) groups is 2. The van der Waals surface area contributed by atoms with Crippen LogP contribution in [0.15, 0.2) is 42.6 Å². The molecule has 6 nitrogen and oxygen atoms in total. The van der Waals surface area contributed by atoms with Gasteiger partial charge in [0.1, 0.15) is 5.82 Å². The minimum absolute atomic E-state index is 0.00267. The average Bonchev–Trinajstić information content (AvgIpc) is 2.73. The first kappa shape index (κ1) is 19.9. The molecule has 2 N–H and O–H groups in total. The van der Waals surface area contributed by atoms with Crippen LogP contribution in [0.2, 0.25) is 0 Å². The number of piperidine rings is 1. The van der Waals surface area contributed by atoms with Crippen molar-refractivity contribution in [3.05, 3.63) is 59.3 Å². The van der Waals surface area contributed by atoms with Crippen molar-refractivity contribution >= 4 is 17.6 Å². The van der Waals surface area contributed by atoms with Crippen LogP contribution < -0.4 is 15.5 Å². The quantitative estimate of drug-likeness (QED) is 0.808. The van der Waals surface area contributed by atoms with Gasteiger partial charge in [-0.1, -0.05) is 25.1 Å². The molecule has 2 heterocycles. The molecule has 1 aliphatic rings. The molecule has 1 aliphatic heterocycles. The Hall–Kier alpha value is -2.89. The molecule has 148 valence electrons. The fourth-order valence-corrected chi connectivity index (χ4v) is 3.39. The standard InChI is InChI=1S/C22H28N4O2/c1-3-12-23-21(27)17-8-9-20(24-15-17)26-13-10-18(11-14-26)25-22(28)19-7-5-4-6-16(19)2/h4-9,15,18H,3,10-14H2,1-2H3,(H,23,27)(H,25,28). The van der Waals surface area contributed by atoms with Crippen LogP contribution in [0.1, 0.15) is 52.5 Å². The summed E-state index contributed by atoms with van der Waals surface area (Å²) in [6, 6.07) is 11.5. The number of aromatic nitrogens is 1. The summed E-state index contributed by atoms with van der Waals surface area (Å²) in [7, 11) is 0. The molecule has 0 spiro atoms. The van der Waals surface area contributed by atoms with E-state index < -0.39 is 0 Å².